The highest BCUT2D eigenvalue weighted by Crippen LogP contribution is 2.29. The largest absolute Gasteiger partial charge is 0.495 e. The molecule has 7 nitrogen and oxygen atoms in total. The second-order valence-corrected chi connectivity index (χ2v) is 6.48. The highest BCUT2D eigenvalue weighted by atomic mass is 35.5. The van der Waals surface area contributed by atoms with Gasteiger partial charge in [-0.15, -0.1) is 0 Å². The summed E-state index contributed by atoms with van der Waals surface area (Å²) in [7, 11) is 1.52. The third-order valence-electron chi connectivity index (χ3n) is 3.54. The number of alkyl halides is 3. The fraction of sp³-hybridized carbons (Fsp3) is 0.105. The van der Waals surface area contributed by atoms with Gasteiger partial charge in [-0.05, 0) is 24.3 Å². The monoisotopic (exact) mass is 476 g/mol. The summed E-state index contributed by atoms with van der Waals surface area (Å²) in [6, 6.07) is 13.6. The quantitative estimate of drug-likeness (QED) is 0.512. The Bertz CT molecular complexity index is 1090. The number of nitrogens with zero attached hydrogens (tertiary/aromatic N) is 1. The maximum atomic E-state index is 12.3. The average molecular weight is 477 g/mol. The van der Waals surface area contributed by atoms with Crippen molar-refractivity contribution in [3.05, 3.63) is 64.3 Å². The first-order valence-electron chi connectivity index (χ1n) is 8.19. The molecule has 0 fully saturated rings. The van der Waals surface area contributed by atoms with Gasteiger partial charge in [-0.1, -0.05) is 46.6 Å². The molecule has 0 saturated carbocycles. The number of benzene rings is 2. The molecule has 164 valence electrons. The summed E-state index contributed by atoms with van der Waals surface area (Å²) < 4.78 is 41.9. The molecule has 3 rings (SSSR count). The molecule has 12 heteroatoms. The van der Waals surface area contributed by atoms with E-state index in [1.807, 2.05) is 12.1 Å². The zero-order valence-electron chi connectivity index (χ0n) is 15.5. The second kappa shape index (κ2) is 10.2. The number of carboxylic acids is 1. The van der Waals surface area contributed by atoms with Crippen LogP contribution in [0.3, 0.4) is 0 Å². The van der Waals surface area contributed by atoms with Crippen LogP contribution in [0.1, 0.15) is 10.6 Å². The summed E-state index contributed by atoms with van der Waals surface area (Å²) >= 11 is 12.1. The summed E-state index contributed by atoms with van der Waals surface area (Å²) in [5.74, 6) is -2.61. The van der Waals surface area contributed by atoms with Crippen LogP contribution in [-0.4, -0.2) is 35.4 Å². The van der Waals surface area contributed by atoms with Crippen LogP contribution in [0.2, 0.25) is 10.0 Å². The summed E-state index contributed by atoms with van der Waals surface area (Å²) in [5.41, 5.74) is 1.69. The van der Waals surface area contributed by atoms with E-state index in [0.717, 1.165) is 0 Å². The van der Waals surface area contributed by atoms with Gasteiger partial charge >= 0.3 is 12.1 Å². The van der Waals surface area contributed by atoms with E-state index in [0.29, 0.717) is 32.7 Å². The Kier molecular flexibility index (Phi) is 7.89. The standard InChI is InChI=1S/C17H12Cl2N2O3.C2HF3O2/c1-23-15-7-6-10(8-13(15)19)20-17(22)16-9-14(21-24-16)11-4-2-3-5-12(11)18;3-2(4,5)1(6)7/h2-9H,1H3,(H,20,22);(H,6,7). The molecule has 2 N–H and O–H groups in total. The maximum Gasteiger partial charge on any atom is 0.490 e. The van der Waals surface area contributed by atoms with E-state index in [1.165, 1.54) is 13.2 Å². The number of nitrogens with one attached hydrogen (secondary N) is 1. The summed E-state index contributed by atoms with van der Waals surface area (Å²) in [6.07, 6.45) is -5.08. The van der Waals surface area contributed by atoms with E-state index in [-0.39, 0.29) is 5.76 Å². The van der Waals surface area contributed by atoms with Crippen LogP contribution in [0.15, 0.2) is 53.1 Å². The third kappa shape index (κ3) is 6.63. The number of ether oxygens (including phenoxy) is 1. The molecule has 31 heavy (non-hydrogen) atoms. The first-order chi connectivity index (χ1) is 14.5. The predicted octanol–water partition coefficient (Wildman–Crippen LogP) is 5.54. The second-order valence-electron chi connectivity index (χ2n) is 5.66. The highest BCUT2D eigenvalue weighted by molar-refractivity contribution is 6.33. The van der Waals surface area contributed by atoms with Crippen LogP contribution in [0, 0.1) is 0 Å². The molecule has 1 aromatic heterocycles. The zero-order valence-corrected chi connectivity index (χ0v) is 17.0. The Balaban J connectivity index is 0.000000423. The fourth-order valence-corrected chi connectivity index (χ4v) is 2.61. The number of aliphatic carboxylic acids is 1. The lowest BCUT2D eigenvalue weighted by atomic mass is 10.1. The highest BCUT2D eigenvalue weighted by Gasteiger charge is 2.38. The topological polar surface area (TPSA) is 102 Å². The predicted molar refractivity (Wildman–Crippen MR) is 107 cm³/mol. The Morgan fingerprint density at radius 3 is 2.29 bits per heavy atom. The van der Waals surface area contributed by atoms with Crippen molar-refractivity contribution in [3.63, 3.8) is 0 Å². The van der Waals surface area contributed by atoms with Gasteiger partial charge in [-0.3, -0.25) is 4.79 Å². The lowest BCUT2D eigenvalue weighted by molar-refractivity contribution is -0.192. The maximum absolute atomic E-state index is 12.3. The number of hydrogen-bond acceptors (Lipinski definition) is 5. The van der Waals surface area contributed by atoms with Gasteiger partial charge in [0.2, 0.25) is 5.76 Å². The summed E-state index contributed by atoms with van der Waals surface area (Å²) in [4.78, 5) is 21.2. The van der Waals surface area contributed by atoms with E-state index >= 15 is 0 Å². The van der Waals surface area contributed by atoms with Crippen molar-refractivity contribution in [2.45, 2.75) is 6.18 Å². The van der Waals surface area contributed by atoms with Gasteiger partial charge in [0.1, 0.15) is 11.4 Å². The fourth-order valence-electron chi connectivity index (χ4n) is 2.11. The molecule has 0 aliphatic rings. The zero-order chi connectivity index (χ0) is 23.2. The van der Waals surface area contributed by atoms with E-state index in [1.54, 1.807) is 30.3 Å². The molecule has 0 atom stereocenters. The minimum absolute atomic E-state index is 0.0665. The number of carbonyl (C=O) groups is 2. The van der Waals surface area contributed by atoms with Crippen LogP contribution in [0.25, 0.3) is 11.3 Å². The van der Waals surface area contributed by atoms with Crippen LogP contribution in [0.4, 0.5) is 18.9 Å². The molecule has 0 radical (unpaired) electrons. The van der Waals surface area contributed by atoms with Gasteiger partial charge < -0.3 is 19.7 Å². The smallest absolute Gasteiger partial charge is 0.490 e. The van der Waals surface area contributed by atoms with Crippen LogP contribution < -0.4 is 10.1 Å². The lowest BCUT2D eigenvalue weighted by Gasteiger charge is -2.06. The first kappa shape index (κ1) is 24.0. The Morgan fingerprint density at radius 2 is 1.74 bits per heavy atom. The van der Waals surface area contributed by atoms with Crippen LogP contribution in [0.5, 0.6) is 5.75 Å². The van der Waals surface area contributed by atoms with Crippen molar-refractivity contribution in [1.29, 1.82) is 0 Å². The molecule has 0 aliphatic heterocycles. The van der Waals surface area contributed by atoms with Crippen molar-refractivity contribution >= 4 is 40.8 Å². The third-order valence-corrected chi connectivity index (χ3v) is 4.16. The summed E-state index contributed by atoms with van der Waals surface area (Å²) in [6.45, 7) is 0. The molecule has 0 unspecified atom stereocenters. The normalized spacial score (nSPS) is 10.6. The number of rotatable bonds is 4. The number of hydrogen-bond donors (Lipinski definition) is 2. The van der Waals surface area contributed by atoms with Crippen LogP contribution in [-0.2, 0) is 4.79 Å². The number of carbonyl (C=O) groups excluding carboxylic acids is 1. The molecular formula is C19H13Cl2F3N2O5. The van der Waals surface area contributed by atoms with E-state index < -0.39 is 18.1 Å². The molecule has 2 aromatic carbocycles. The first-order valence-corrected chi connectivity index (χ1v) is 8.95. The number of anilines is 1. The number of aromatic nitrogens is 1. The molecule has 3 aromatic rings. The Labute approximate surface area is 183 Å². The van der Waals surface area contributed by atoms with Gasteiger partial charge in [-0.25, -0.2) is 4.79 Å². The number of carboxylic acid groups (broad SMARTS) is 1. The number of methoxy groups -OCH3 is 1. The Hall–Kier alpha value is -3.24. The van der Waals surface area contributed by atoms with E-state index in [4.69, 9.17) is 42.4 Å². The number of amides is 1. The summed E-state index contributed by atoms with van der Waals surface area (Å²) in [5, 5.41) is 14.6. The van der Waals surface area contributed by atoms with E-state index in [2.05, 4.69) is 10.5 Å². The van der Waals surface area contributed by atoms with Gasteiger partial charge in [0.15, 0.2) is 0 Å². The molecule has 0 spiro atoms. The van der Waals surface area contributed by atoms with Crippen molar-refractivity contribution in [3.8, 4) is 17.0 Å². The SMILES string of the molecule is COc1ccc(NC(=O)c2cc(-c3ccccc3Cl)no2)cc1Cl.O=C(O)C(F)(F)F. The van der Waals surface area contributed by atoms with Crippen molar-refractivity contribution in [2.24, 2.45) is 0 Å². The van der Waals surface area contributed by atoms with Crippen molar-refractivity contribution < 1.29 is 37.1 Å². The molecule has 1 amide bonds. The molecule has 0 saturated heterocycles. The molecule has 0 bridgehead atoms. The molecular weight excluding hydrogens is 464 g/mol. The van der Waals surface area contributed by atoms with Gasteiger partial charge in [0, 0.05) is 17.3 Å². The van der Waals surface area contributed by atoms with E-state index in [9.17, 15) is 18.0 Å². The van der Waals surface area contributed by atoms with Gasteiger partial charge in [0.05, 0.1) is 17.2 Å². The van der Waals surface area contributed by atoms with Crippen molar-refractivity contribution in [2.75, 3.05) is 12.4 Å². The van der Waals surface area contributed by atoms with Crippen molar-refractivity contribution in [1.82, 2.24) is 5.16 Å². The minimum atomic E-state index is -5.08. The number of halogens is 5. The van der Waals surface area contributed by atoms with Gasteiger partial charge in [0.25, 0.3) is 5.91 Å². The Morgan fingerprint density at radius 1 is 1.10 bits per heavy atom. The minimum Gasteiger partial charge on any atom is -0.495 e. The van der Waals surface area contributed by atoms with Gasteiger partial charge in [-0.2, -0.15) is 13.2 Å². The molecule has 1 heterocycles. The molecule has 0 aliphatic carbocycles. The average Bonchev–Trinajstić information content (AvgIpc) is 3.18. The van der Waals surface area contributed by atoms with Crippen LogP contribution >= 0.6 is 23.2 Å². The lowest BCUT2D eigenvalue weighted by Crippen LogP contribution is -2.21.